The van der Waals surface area contributed by atoms with Crippen molar-refractivity contribution < 1.29 is 9.59 Å². The molecule has 6 nitrogen and oxygen atoms in total. The molecule has 0 fully saturated rings. The lowest BCUT2D eigenvalue weighted by Crippen LogP contribution is -2.41. The zero-order valence-corrected chi connectivity index (χ0v) is 16.0. The van der Waals surface area contributed by atoms with Gasteiger partial charge in [-0.2, -0.15) is 0 Å². The van der Waals surface area contributed by atoms with Crippen LogP contribution in [0, 0.1) is 6.92 Å². The smallest absolute Gasteiger partial charge is 0.254 e. The number of hydrogen-bond donors (Lipinski definition) is 1. The maximum Gasteiger partial charge on any atom is 0.254 e. The molecule has 2 aromatic rings. The molecule has 8 heteroatoms. The number of aromatic nitrogens is 1. The minimum atomic E-state index is -0.275. The Bertz CT molecular complexity index is 748. The van der Waals surface area contributed by atoms with E-state index in [0.29, 0.717) is 28.8 Å². The largest absolute Gasteiger partial charge is 0.328 e. The Labute approximate surface area is 156 Å². The van der Waals surface area contributed by atoms with E-state index < -0.39 is 0 Å². The number of hydrogen-bond acceptors (Lipinski definition) is 5. The van der Waals surface area contributed by atoms with E-state index in [-0.39, 0.29) is 18.4 Å². The summed E-state index contributed by atoms with van der Waals surface area (Å²) in [6.07, 6.45) is 0. The molecule has 0 aliphatic heterocycles. The number of amides is 2. The van der Waals surface area contributed by atoms with Crippen molar-refractivity contribution in [3.8, 4) is 0 Å². The van der Waals surface area contributed by atoms with Gasteiger partial charge in [0, 0.05) is 29.1 Å². The van der Waals surface area contributed by atoms with Crippen LogP contribution >= 0.6 is 22.9 Å². The Morgan fingerprint density at radius 3 is 2.64 bits per heavy atom. The summed E-state index contributed by atoms with van der Waals surface area (Å²) < 4.78 is 0. The molecule has 0 aliphatic rings. The minimum Gasteiger partial charge on any atom is -0.328 e. The third-order valence-corrected chi connectivity index (χ3v) is 4.49. The van der Waals surface area contributed by atoms with Crippen LogP contribution in [0.1, 0.15) is 16.1 Å². The van der Waals surface area contributed by atoms with E-state index in [1.165, 1.54) is 16.2 Å². The summed E-state index contributed by atoms with van der Waals surface area (Å²) in [4.78, 5) is 32.7. The summed E-state index contributed by atoms with van der Waals surface area (Å²) in [5.41, 5.74) is 1.31. The van der Waals surface area contributed by atoms with Crippen molar-refractivity contribution in [2.75, 3.05) is 39.0 Å². The number of nitrogens with zero attached hydrogens (tertiary/aromatic N) is 3. The Hall–Kier alpha value is -1.96. The van der Waals surface area contributed by atoms with Crippen LogP contribution < -0.4 is 5.32 Å². The van der Waals surface area contributed by atoms with Gasteiger partial charge in [-0.15, -0.1) is 11.3 Å². The predicted octanol–water partition coefficient (Wildman–Crippen LogP) is 2.75. The van der Waals surface area contributed by atoms with E-state index in [2.05, 4.69) is 10.3 Å². The number of carbonyl (C=O) groups excluding carboxylic acids is 2. The molecule has 0 saturated heterocycles. The second-order valence-corrected chi connectivity index (χ2v) is 7.18. The van der Waals surface area contributed by atoms with Crippen molar-refractivity contribution in [2.24, 2.45) is 0 Å². The van der Waals surface area contributed by atoms with Crippen molar-refractivity contribution in [3.63, 3.8) is 0 Å². The zero-order chi connectivity index (χ0) is 18.4. The van der Waals surface area contributed by atoms with Gasteiger partial charge in [-0.1, -0.05) is 17.7 Å². The number of halogens is 1. The quantitative estimate of drug-likeness (QED) is 0.802. The molecule has 0 spiro atoms. The fraction of sp³-hybridized carbons (Fsp3) is 0.353. The van der Waals surface area contributed by atoms with Gasteiger partial charge in [-0.3, -0.25) is 9.59 Å². The highest BCUT2D eigenvalue weighted by molar-refractivity contribution is 7.13. The van der Waals surface area contributed by atoms with Crippen molar-refractivity contribution in [3.05, 3.63) is 45.9 Å². The Kier molecular flexibility index (Phi) is 6.92. The summed E-state index contributed by atoms with van der Waals surface area (Å²) in [5.74, 6) is -0.502. The van der Waals surface area contributed by atoms with Crippen molar-refractivity contribution in [2.45, 2.75) is 6.92 Å². The molecule has 1 N–H and O–H groups in total. The average Bonchev–Trinajstić information content (AvgIpc) is 2.95. The highest BCUT2D eigenvalue weighted by Gasteiger charge is 2.20. The lowest BCUT2D eigenvalue weighted by atomic mass is 10.2. The highest BCUT2D eigenvalue weighted by Crippen LogP contribution is 2.15. The van der Waals surface area contributed by atoms with Gasteiger partial charge in [0.05, 0.1) is 5.69 Å². The molecule has 0 aliphatic carbocycles. The third-order valence-electron chi connectivity index (χ3n) is 3.38. The van der Waals surface area contributed by atoms with Gasteiger partial charge < -0.3 is 15.1 Å². The first-order chi connectivity index (χ1) is 11.8. The van der Waals surface area contributed by atoms with E-state index in [0.717, 1.165) is 5.69 Å². The summed E-state index contributed by atoms with van der Waals surface area (Å²) in [5, 5.41) is 5.61. The molecular weight excluding hydrogens is 360 g/mol. The van der Waals surface area contributed by atoms with Crippen molar-refractivity contribution in [1.29, 1.82) is 0 Å². The van der Waals surface area contributed by atoms with E-state index in [1.807, 2.05) is 31.3 Å². The second-order valence-electron chi connectivity index (χ2n) is 5.88. The molecule has 25 heavy (non-hydrogen) atoms. The van der Waals surface area contributed by atoms with Crippen LogP contribution in [0.2, 0.25) is 5.02 Å². The average molecular weight is 381 g/mol. The van der Waals surface area contributed by atoms with E-state index in [1.54, 1.807) is 24.3 Å². The first-order valence-corrected chi connectivity index (χ1v) is 9.02. The van der Waals surface area contributed by atoms with Gasteiger partial charge in [0.2, 0.25) is 5.91 Å². The molecular formula is C17H21ClN4O2S. The van der Waals surface area contributed by atoms with Crippen LogP contribution in [0.5, 0.6) is 0 Å². The van der Waals surface area contributed by atoms with E-state index >= 15 is 0 Å². The minimum absolute atomic E-state index is 0.0438. The maximum atomic E-state index is 12.8. The Morgan fingerprint density at radius 2 is 2.04 bits per heavy atom. The van der Waals surface area contributed by atoms with Crippen LogP contribution in [0.15, 0.2) is 29.6 Å². The first kappa shape index (κ1) is 19.4. The summed E-state index contributed by atoms with van der Waals surface area (Å²) >= 11 is 7.33. The second kappa shape index (κ2) is 8.94. The summed E-state index contributed by atoms with van der Waals surface area (Å²) in [6, 6.07) is 6.73. The predicted molar refractivity (Wildman–Crippen MR) is 101 cm³/mol. The molecule has 1 heterocycles. The number of carbonyl (C=O) groups is 2. The Balaban J connectivity index is 2.08. The number of benzene rings is 1. The monoisotopic (exact) mass is 380 g/mol. The van der Waals surface area contributed by atoms with Crippen LogP contribution in [0.4, 0.5) is 5.13 Å². The van der Waals surface area contributed by atoms with E-state index in [4.69, 9.17) is 11.6 Å². The van der Waals surface area contributed by atoms with Gasteiger partial charge in [-0.25, -0.2) is 4.98 Å². The number of nitrogens with one attached hydrogen (secondary N) is 1. The zero-order valence-electron chi connectivity index (χ0n) is 14.5. The Morgan fingerprint density at radius 1 is 1.28 bits per heavy atom. The molecule has 0 saturated carbocycles. The molecule has 0 unspecified atom stereocenters. The summed E-state index contributed by atoms with van der Waals surface area (Å²) in [6.45, 7) is 2.90. The SMILES string of the molecule is Cc1csc(NC(=O)CN(CCN(C)C)C(=O)c2cccc(Cl)c2)n1. The number of rotatable bonds is 7. The molecule has 0 radical (unpaired) electrons. The van der Waals surface area contributed by atoms with Crippen LogP contribution in [-0.4, -0.2) is 60.3 Å². The molecule has 0 bridgehead atoms. The lowest BCUT2D eigenvalue weighted by Gasteiger charge is -2.24. The fourth-order valence-corrected chi connectivity index (χ4v) is 3.02. The van der Waals surface area contributed by atoms with Gasteiger partial charge in [0.15, 0.2) is 5.13 Å². The third kappa shape index (κ3) is 6.12. The highest BCUT2D eigenvalue weighted by atomic mass is 35.5. The topological polar surface area (TPSA) is 65.5 Å². The molecule has 2 rings (SSSR count). The van der Waals surface area contributed by atoms with Gasteiger partial charge in [0.1, 0.15) is 6.54 Å². The maximum absolute atomic E-state index is 12.8. The molecule has 1 aromatic carbocycles. The van der Waals surface area contributed by atoms with Crippen LogP contribution in [0.25, 0.3) is 0 Å². The normalized spacial score (nSPS) is 10.8. The number of aryl methyl sites for hydroxylation is 1. The molecule has 0 atom stereocenters. The molecule has 2 amide bonds. The lowest BCUT2D eigenvalue weighted by molar-refractivity contribution is -0.116. The summed E-state index contributed by atoms with van der Waals surface area (Å²) in [7, 11) is 3.83. The van der Waals surface area contributed by atoms with Crippen LogP contribution in [-0.2, 0) is 4.79 Å². The standard InChI is InChI=1S/C17H21ClN4O2S/c1-12-11-25-17(19-12)20-15(23)10-22(8-7-21(2)3)16(24)13-5-4-6-14(18)9-13/h4-6,9,11H,7-8,10H2,1-3H3,(H,19,20,23). The van der Waals surface area contributed by atoms with Crippen molar-refractivity contribution in [1.82, 2.24) is 14.8 Å². The van der Waals surface area contributed by atoms with Gasteiger partial charge >= 0.3 is 0 Å². The fourth-order valence-electron chi connectivity index (χ4n) is 2.12. The van der Waals surface area contributed by atoms with Gasteiger partial charge in [-0.05, 0) is 39.2 Å². The number of likely N-dealkylation sites (N-methyl/N-ethyl adjacent to an activating group) is 1. The van der Waals surface area contributed by atoms with Crippen molar-refractivity contribution >= 4 is 39.9 Å². The van der Waals surface area contributed by atoms with E-state index in [9.17, 15) is 9.59 Å². The molecule has 134 valence electrons. The van der Waals surface area contributed by atoms with Gasteiger partial charge in [0.25, 0.3) is 5.91 Å². The van der Waals surface area contributed by atoms with Crippen LogP contribution in [0.3, 0.4) is 0 Å². The number of anilines is 1. The first-order valence-electron chi connectivity index (χ1n) is 7.76. The molecule has 1 aromatic heterocycles. The number of thiazole rings is 1.